The lowest BCUT2D eigenvalue weighted by Gasteiger charge is -2.15. The molecule has 0 saturated carbocycles. The summed E-state index contributed by atoms with van der Waals surface area (Å²) in [6.07, 6.45) is 1.57. The van der Waals surface area contributed by atoms with Gasteiger partial charge in [0.1, 0.15) is 5.76 Å². The number of anilines is 1. The number of rotatable bonds is 8. The van der Waals surface area contributed by atoms with Crippen LogP contribution in [0.4, 0.5) is 5.69 Å². The lowest BCUT2D eigenvalue weighted by Crippen LogP contribution is -2.36. The topological polar surface area (TPSA) is 80.6 Å². The molecular formula is C18H22N2O4. The Morgan fingerprint density at radius 2 is 2.00 bits per heavy atom. The van der Waals surface area contributed by atoms with Crippen molar-refractivity contribution in [2.45, 2.75) is 32.9 Å². The van der Waals surface area contributed by atoms with Crippen LogP contribution in [-0.2, 0) is 16.1 Å². The molecule has 2 aromatic rings. The molecular weight excluding hydrogens is 308 g/mol. The highest BCUT2D eigenvalue weighted by Gasteiger charge is 2.20. The average molecular weight is 330 g/mol. The minimum atomic E-state index is -0.845. The Bertz CT molecular complexity index is 667. The van der Waals surface area contributed by atoms with Crippen LogP contribution in [0.25, 0.3) is 0 Å². The van der Waals surface area contributed by atoms with Gasteiger partial charge in [-0.25, -0.2) is 4.79 Å². The van der Waals surface area contributed by atoms with E-state index in [-0.39, 0.29) is 5.91 Å². The lowest BCUT2D eigenvalue weighted by molar-refractivity contribution is -0.129. The van der Waals surface area contributed by atoms with Crippen molar-refractivity contribution in [3.05, 3.63) is 54.0 Å². The van der Waals surface area contributed by atoms with Crippen LogP contribution in [0, 0.1) is 0 Å². The van der Waals surface area contributed by atoms with Gasteiger partial charge in [0.05, 0.1) is 18.4 Å². The minimum Gasteiger partial charge on any atom is -0.467 e. The molecule has 0 aliphatic carbocycles. The first-order valence-electron chi connectivity index (χ1n) is 7.95. The van der Waals surface area contributed by atoms with Gasteiger partial charge in [-0.15, -0.1) is 0 Å². The second-order valence-corrected chi connectivity index (χ2v) is 5.32. The quantitative estimate of drug-likeness (QED) is 0.727. The van der Waals surface area contributed by atoms with Gasteiger partial charge < -0.3 is 19.8 Å². The van der Waals surface area contributed by atoms with Gasteiger partial charge in [-0.1, -0.05) is 19.1 Å². The third kappa shape index (κ3) is 4.87. The average Bonchev–Trinajstić information content (AvgIpc) is 3.11. The molecule has 6 nitrogen and oxygen atoms in total. The monoisotopic (exact) mass is 330 g/mol. The number of hydrogen-bond donors (Lipinski definition) is 2. The third-order valence-electron chi connectivity index (χ3n) is 3.38. The molecule has 0 spiro atoms. The number of amides is 1. The van der Waals surface area contributed by atoms with Gasteiger partial charge in [-0.05, 0) is 37.6 Å². The number of benzene rings is 1. The fourth-order valence-electron chi connectivity index (χ4n) is 2.08. The molecule has 1 aromatic heterocycles. The van der Waals surface area contributed by atoms with Gasteiger partial charge in [-0.2, -0.15) is 0 Å². The first-order valence-corrected chi connectivity index (χ1v) is 7.95. The van der Waals surface area contributed by atoms with Crippen molar-refractivity contribution in [2.75, 3.05) is 11.9 Å². The molecule has 2 N–H and O–H groups in total. The zero-order chi connectivity index (χ0) is 17.4. The first kappa shape index (κ1) is 17.6. The van der Waals surface area contributed by atoms with Crippen molar-refractivity contribution in [1.29, 1.82) is 0 Å². The zero-order valence-electron chi connectivity index (χ0n) is 13.9. The van der Waals surface area contributed by atoms with E-state index in [9.17, 15) is 9.59 Å². The number of hydrogen-bond acceptors (Lipinski definition) is 5. The molecule has 0 aliphatic heterocycles. The summed E-state index contributed by atoms with van der Waals surface area (Å²) in [7, 11) is 0. The molecule has 128 valence electrons. The molecule has 0 saturated heterocycles. The van der Waals surface area contributed by atoms with Crippen molar-refractivity contribution in [1.82, 2.24) is 5.32 Å². The molecule has 0 fully saturated rings. The van der Waals surface area contributed by atoms with Gasteiger partial charge in [0.2, 0.25) is 0 Å². The summed E-state index contributed by atoms with van der Waals surface area (Å²) in [6, 6.07) is 10.6. The SMILES string of the molecule is CCCNC(=O)[C@@H](C)OC(=O)c1ccccc1NCc1ccco1. The normalized spacial score (nSPS) is 11.6. The maximum atomic E-state index is 12.3. The second kappa shape index (κ2) is 8.76. The predicted molar refractivity (Wildman–Crippen MR) is 90.7 cm³/mol. The van der Waals surface area contributed by atoms with Gasteiger partial charge in [-0.3, -0.25) is 4.79 Å². The Balaban J connectivity index is 1.99. The summed E-state index contributed by atoms with van der Waals surface area (Å²) < 4.78 is 10.5. The van der Waals surface area contributed by atoms with Gasteiger partial charge in [0.15, 0.2) is 6.10 Å². The summed E-state index contributed by atoms with van der Waals surface area (Å²) in [5, 5.41) is 5.84. The molecule has 0 aliphatic rings. The van der Waals surface area contributed by atoms with Crippen LogP contribution >= 0.6 is 0 Å². The number of furan rings is 1. The number of nitrogens with one attached hydrogen (secondary N) is 2. The summed E-state index contributed by atoms with van der Waals surface area (Å²) in [5.74, 6) is -0.0894. The minimum absolute atomic E-state index is 0.300. The Hall–Kier alpha value is -2.76. The van der Waals surface area contributed by atoms with Crippen LogP contribution in [0.2, 0.25) is 0 Å². The molecule has 1 atom stereocenters. The van der Waals surface area contributed by atoms with Crippen LogP contribution in [0.15, 0.2) is 47.1 Å². The third-order valence-corrected chi connectivity index (χ3v) is 3.38. The van der Waals surface area contributed by atoms with Crippen molar-refractivity contribution in [3.63, 3.8) is 0 Å². The van der Waals surface area contributed by atoms with Crippen LogP contribution in [-0.4, -0.2) is 24.5 Å². The smallest absolute Gasteiger partial charge is 0.341 e. The highest BCUT2D eigenvalue weighted by molar-refractivity contribution is 5.97. The maximum Gasteiger partial charge on any atom is 0.341 e. The number of para-hydroxylation sites is 1. The van der Waals surface area contributed by atoms with E-state index in [0.717, 1.165) is 12.2 Å². The van der Waals surface area contributed by atoms with Crippen LogP contribution < -0.4 is 10.6 Å². The highest BCUT2D eigenvalue weighted by Crippen LogP contribution is 2.18. The van der Waals surface area contributed by atoms with Crippen molar-refractivity contribution in [3.8, 4) is 0 Å². The van der Waals surface area contributed by atoms with Gasteiger partial charge in [0.25, 0.3) is 5.91 Å². The van der Waals surface area contributed by atoms with E-state index in [1.54, 1.807) is 37.5 Å². The van der Waals surface area contributed by atoms with E-state index < -0.39 is 12.1 Å². The summed E-state index contributed by atoms with van der Waals surface area (Å²) in [4.78, 5) is 24.2. The van der Waals surface area contributed by atoms with Crippen molar-refractivity contribution >= 4 is 17.6 Å². The van der Waals surface area contributed by atoms with E-state index >= 15 is 0 Å². The fourth-order valence-corrected chi connectivity index (χ4v) is 2.08. The fraction of sp³-hybridized carbons (Fsp3) is 0.333. The van der Waals surface area contributed by atoms with Crippen LogP contribution in [0.3, 0.4) is 0 Å². The number of ether oxygens (including phenoxy) is 1. The molecule has 1 amide bonds. The zero-order valence-corrected chi connectivity index (χ0v) is 13.9. The maximum absolute atomic E-state index is 12.3. The van der Waals surface area contributed by atoms with Gasteiger partial charge >= 0.3 is 5.97 Å². The molecule has 1 aromatic carbocycles. The van der Waals surface area contributed by atoms with E-state index in [1.165, 1.54) is 0 Å². The lowest BCUT2D eigenvalue weighted by atomic mass is 10.1. The summed E-state index contributed by atoms with van der Waals surface area (Å²) >= 11 is 0. The largest absolute Gasteiger partial charge is 0.467 e. The predicted octanol–water partition coefficient (Wildman–Crippen LogP) is 2.96. The highest BCUT2D eigenvalue weighted by atomic mass is 16.5. The first-order chi connectivity index (χ1) is 11.6. The van der Waals surface area contributed by atoms with E-state index in [4.69, 9.17) is 9.15 Å². The Kier molecular flexibility index (Phi) is 6.42. The van der Waals surface area contributed by atoms with Crippen molar-refractivity contribution in [2.24, 2.45) is 0 Å². The van der Waals surface area contributed by atoms with Gasteiger partial charge in [0, 0.05) is 12.2 Å². The molecule has 2 rings (SSSR count). The molecule has 1 heterocycles. The Morgan fingerprint density at radius 1 is 1.21 bits per heavy atom. The van der Waals surface area contributed by atoms with Crippen LogP contribution in [0.1, 0.15) is 36.4 Å². The molecule has 0 bridgehead atoms. The number of carbonyl (C=O) groups excluding carboxylic acids is 2. The molecule has 24 heavy (non-hydrogen) atoms. The van der Waals surface area contributed by atoms with E-state index in [0.29, 0.717) is 24.3 Å². The van der Waals surface area contributed by atoms with E-state index in [2.05, 4.69) is 10.6 Å². The number of carbonyl (C=O) groups is 2. The second-order valence-electron chi connectivity index (χ2n) is 5.32. The molecule has 6 heteroatoms. The molecule has 0 radical (unpaired) electrons. The molecule has 0 unspecified atom stereocenters. The number of esters is 1. The van der Waals surface area contributed by atoms with E-state index in [1.807, 2.05) is 19.1 Å². The summed E-state index contributed by atoms with van der Waals surface area (Å²) in [6.45, 7) is 4.52. The Morgan fingerprint density at radius 3 is 2.71 bits per heavy atom. The van der Waals surface area contributed by atoms with Crippen LogP contribution in [0.5, 0.6) is 0 Å². The Labute approximate surface area is 141 Å². The summed E-state index contributed by atoms with van der Waals surface area (Å²) in [5.41, 5.74) is 0.999. The standard InChI is InChI=1S/C18H22N2O4/c1-3-10-19-17(21)13(2)24-18(22)15-8-4-5-9-16(15)20-12-14-7-6-11-23-14/h4-9,11,13,20H,3,10,12H2,1-2H3,(H,19,21)/t13-/m1/s1. The van der Waals surface area contributed by atoms with Crippen molar-refractivity contribution < 1.29 is 18.7 Å².